The van der Waals surface area contributed by atoms with Gasteiger partial charge in [-0.05, 0) is 54.5 Å². The van der Waals surface area contributed by atoms with E-state index >= 15 is 0 Å². The van der Waals surface area contributed by atoms with Crippen LogP contribution in [0.1, 0.15) is 18.1 Å². The van der Waals surface area contributed by atoms with Crippen LogP contribution in [-0.2, 0) is 9.59 Å². The van der Waals surface area contributed by atoms with Crippen molar-refractivity contribution in [3.05, 3.63) is 100 Å². The van der Waals surface area contributed by atoms with Crippen LogP contribution in [0, 0.1) is 10.1 Å². The molecule has 3 rings (SSSR count). The topological polar surface area (TPSA) is 129 Å². The van der Waals surface area contributed by atoms with E-state index in [0.29, 0.717) is 17.1 Å². The van der Waals surface area contributed by atoms with Gasteiger partial charge in [0, 0.05) is 18.2 Å². The van der Waals surface area contributed by atoms with Gasteiger partial charge in [-0.15, -0.1) is 0 Å². The van der Waals surface area contributed by atoms with Gasteiger partial charge in [0.1, 0.15) is 5.75 Å². The van der Waals surface area contributed by atoms with Crippen LogP contribution in [-0.4, -0.2) is 36.2 Å². The van der Waals surface area contributed by atoms with Crippen molar-refractivity contribution >= 4 is 29.9 Å². The summed E-state index contributed by atoms with van der Waals surface area (Å²) in [7, 11) is 1.44. The van der Waals surface area contributed by atoms with E-state index in [1.807, 2.05) is 30.3 Å². The summed E-state index contributed by atoms with van der Waals surface area (Å²) in [6.07, 6.45) is 3.45. The zero-order valence-corrected chi connectivity index (χ0v) is 19.5. The van der Waals surface area contributed by atoms with Crippen molar-refractivity contribution < 1.29 is 28.7 Å². The molecule has 0 aromatic heterocycles. The second-order valence-electron chi connectivity index (χ2n) is 7.32. The number of hydrogen-bond donors (Lipinski definition) is 1. The largest absolute Gasteiger partial charge is 0.493 e. The normalized spacial score (nSPS) is 11.7. The van der Waals surface area contributed by atoms with E-state index in [1.165, 1.54) is 50.6 Å². The highest BCUT2D eigenvalue weighted by molar-refractivity contribution is 5.89. The molecule has 1 N–H and O–H groups in total. The number of rotatable bonds is 10. The van der Waals surface area contributed by atoms with Crippen LogP contribution >= 0.6 is 0 Å². The third-order valence-corrected chi connectivity index (χ3v) is 4.73. The van der Waals surface area contributed by atoms with Crippen molar-refractivity contribution in [3.8, 4) is 17.2 Å². The van der Waals surface area contributed by atoms with Crippen LogP contribution in [0.5, 0.6) is 17.2 Å². The van der Waals surface area contributed by atoms with Crippen molar-refractivity contribution in [1.29, 1.82) is 0 Å². The van der Waals surface area contributed by atoms with Gasteiger partial charge in [-0.2, -0.15) is 5.10 Å². The Morgan fingerprint density at radius 3 is 2.39 bits per heavy atom. The number of amides is 1. The molecule has 0 saturated carbocycles. The number of methoxy groups -OCH3 is 1. The van der Waals surface area contributed by atoms with Gasteiger partial charge >= 0.3 is 5.97 Å². The minimum absolute atomic E-state index is 0.0797. The highest BCUT2D eigenvalue weighted by Crippen LogP contribution is 2.28. The second kappa shape index (κ2) is 12.5. The van der Waals surface area contributed by atoms with Crippen molar-refractivity contribution in [2.45, 2.75) is 13.0 Å². The van der Waals surface area contributed by atoms with Crippen LogP contribution in [0.4, 0.5) is 5.69 Å². The lowest BCUT2D eigenvalue weighted by Crippen LogP contribution is -2.33. The third kappa shape index (κ3) is 7.52. The van der Waals surface area contributed by atoms with Gasteiger partial charge in [0.25, 0.3) is 11.6 Å². The molecule has 0 bridgehead atoms. The summed E-state index contributed by atoms with van der Waals surface area (Å²) < 4.78 is 16.1. The molecule has 0 radical (unpaired) electrons. The Morgan fingerprint density at radius 1 is 1.00 bits per heavy atom. The molecule has 184 valence electrons. The maximum absolute atomic E-state index is 12.2. The number of ether oxygens (including phenoxy) is 3. The molecule has 1 amide bonds. The Balaban J connectivity index is 1.55. The fourth-order valence-corrected chi connectivity index (χ4v) is 2.89. The van der Waals surface area contributed by atoms with Crippen molar-refractivity contribution in [2.24, 2.45) is 5.10 Å². The predicted molar refractivity (Wildman–Crippen MR) is 133 cm³/mol. The summed E-state index contributed by atoms with van der Waals surface area (Å²) in [5.74, 6) is -0.242. The van der Waals surface area contributed by atoms with Crippen LogP contribution in [0.3, 0.4) is 0 Å². The van der Waals surface area contributed by atoms with E-state index in [9.17, 15) is 19.7 Å². The first-order valence-electron chi connectivity index (χ1n) is 10.7. The maximum atomic E-state index is 12.2. The molecule has 0 saturated heterocycles. The first-order chi connectivity index (χ1) is 17.4. The van der Waals surface area contributed by atoms with Crippen LogP contribution in [0.15, 0.2) is 84.0 Å². The van der Waals surface area contributed by atoms with Crippen molar-refractivity contribution in [1.82, 2.24) is 5.43 Å². The predicted octanol–water partition coefficient (Wildman–Crippen LogP) is 4.14. The SMILES string of the molecule is COc1cc(/C=N\NC(=O)[C@@H](C)Oc2ccc([N+](=O)[O-])cc2)ccc1OC(=O)/C=C/c1ccccc1. The number of nitro benzene ring substituents is 1. The average Bonchev–Trinajstić information content (AvgIpc) is 2.89. The number of hydrogen-bond acceptors (Lipinski definition) is 8. The molecule has 3 aromatic carbocycles. The standard InChI is InChI=1S/C26H23N3O7/c1-18(35-22-12-10-21(11-13-22)29(32)33)26(31)28-27-17-20-8-14-23(24(16-20)34-2)36-25(30)15-9-19-6-4-3-5-7-19/h3-18H,1-2H3,(H,28,31)/b15-9+,27-17-/t18-/m1/s1. The Bertz CT molecular complexity index is 1270. The molecule has 0 fully saturated rings. The van der Waals surface area contributed by atoms with Gasteiger partial charge in [-0.1, -0.05) is 30.3 Å². The Kier molecular flexibility index (Phi) is 8.88. The fraction of sp³-hybridized carbons (Fsp3) is 0.115. The summed E-state index contributed by atoms with van der Waals surface area (Å²) in [6, 6.07) is 19.5. The summed E-state index contributed by atoms with van der Waals surface area (Å²) >= 11 is 0. The van der Waals surface area contributed by atoms with E-state index < -0.39 is 22.9 Å². The molecule has 0 spiro atoms. The number of carbonyl (C=O) groups excluding carboxylic acids is 2. The minimum atomic E-state index is -0.899. The number of nitrogens with zero attached hydrogens (tertiary/aromatic N) is 2. The maximum Gasteiger partial charge on any atom is 0.336 e. The number of carbonyl (C=O) groups is 2. The number of hydrazone groups is 1. The number of benzene rings is 3. The molecule has 0 heterocycles. The molecular weight excluding hydrogens is 466 g/mol. The molecule has 0 unspecified atom stereocenters. The fourth-order valence-electron chi connectivity index (χ4n) is 2.89. The van der Waals surface area contributed by atoms with Crippen LogP contribution in [0.25, 0.3) is 6.08 Å². The monoisotopic (exact) mass is 489 g/mol. The van der Waals surface area contributed by atoms with Gasteiger partial charge in [-0.25, -0.2) is 10.2 Å². The van der Waals surface area contributed by atoms with Crippen molar-refractivity contribution in [2.75, 3.05) is 7.11 Å². The van der Waals surface area contributed by atoms with E-state index in [4.69, 9.17) is 14.2 Å². The van der Waals surface area contributed by atoms with E-state index in [-0.39, 0.29) is 11.4 Å². The Hall–Kier alpha value is -4.99. The zero-order valence-electron chi connectivity index (χ0n) is 19.5. The Morgan fingerprint density at radius 2 is 1.72 bits per heavy atom. The van der Waals surface area contributed by atoms with Gasteiger partial charge in [0.2, 0.25) is 0 Å². The summed E-state index contributed by atoms with van der Waals surface area (Å²) in [6.45, 7) is 1.52. The third-order valence-electron chi connectivity index (χ3n) is 4.73. The first kappa shape index (κ1) is 25.6. The van der Waals surface area contributed by atoms with Gasteiger partial charge in [-0.3, -0.25) is 14.9 Å². The molecule has 0 aliphatic carbocycles. The van der Waals surface area contributed by atoms with Crippen molar-refractivity contribution in [3.63, 3.8) is 0 Å². The van der Waals surface area contributed by atoms with Crippen LogP contribution in [0.2, 0.25) is 0 Å². The minimum Gasteiger partial charge on any atom is -0.493 e. The molecular formula is C26H23N3O7. The van der Waals surface area contributed by atoms with E-state index in [0.717, 1.165) is 5.56 Å². The summed E-state index contributed by atoms with van der Waals surface area (Å²) in [5.41, 5.74) is 3.72. The highest BCUT2D eigenvalue weighted by Gasteiger charge is 2.15. The zero-order chi connectivity index (χ0) is 25.9. The summed E-state index contributed by atoms with van der Waals surface area (Å²) in [4.78, 5) is 34.6. The molecule has 1 atom stereocenters. The van der Waals surface area contributed by atoms with Crippen LogP contribution < -0.4 is 19.6 Å². The number of nitro groups is 1. The smallest absolute Gasteiger partial charge is 0.336 e. The highest BCUT2D eigenvalue weighted by atomic mass is 16.6. The van der Waals surface area contributed by atoms with Gasteiger partial charge < -0.3 is 14.2 Å². The van der Waals surface area contributed by atoms with Gasteiger partial charge in [0.15, 0.2) is 17.6 Å². The summed E-state index contributed by atoms with van der Waals surface area (Å²) in [5, 5.41) is 14.6. The van der Waals surface area contributed by atoms with E-state index in [1.54, 1.807) is 24.3 Å². The van der Waals surface area contributed by atoms with E-state index in [2.05, 4.69) is 10.5 Å². The molecule has 10 heteroatoms. The Labute approximate surface area is 207 Å². The number of nitrogens with one attached hydrogen (secondary N) is 1. The quantitative estimate of drug-likeness (QED) is 0.113. The first-order valence-corrected chi connectivity index (χ1v) is 10.7. The number of non-ortho nitro benzene ring substituents is 1. The average molecular weight is 489 g/mol. The molecule has 0 aliphatic heterocycles. The molecule has 36 heavy (non-hydrogen) atoms. The second-order valence-corrected chi connectivity index (χ2v) is 7.32. The van der Waals surface area contributed by atoms with Gasteiger partial charge in [0.05, 0.1) is 18.2 Å². The molecule has 3 aromatic rings. The molecule has 10 nitrogen and oxygen atoms in total. The lowest BCUT2D eigenvalue weighted by atomic mass is 10.2. The lowest BCUT2D eigenvalue weighted by Gasteiger charge is -2.12. The molecule has 0 aliphatic rings. The lowest BCUT2D eigenvalue weighted by molar-refractivity contribution is -0.384. The number of esters is 1.